The maximum Gasteiger partial charge on any atom is 0.251 e. The van der Waals surface area contributed by atoms with E-state index in [0.29, 0.717) is 37.2 Å². The third kappa shape index (κ3) is 6.69. The van der Waals surface area contributed by atoms with Gasteiger partial charge in [-0.15, -0.1) is 0 Å². The predicted molar refractivity (Wildman–Crippen MR) is 109 cm³/mol. The first-order chi connectivity index (χ1) is 14.0. The number of benzene rings is 1. The minimum absolute atomic E-state index is 0.0211. The highest BCUT2D eigenvalue weighted by Gasteiger charge is 2.28. The Balaban J connectivity index is 1.89. The first-order valence-corrected chi connectivity index (χ1v) is 10.4. The number of hydrogen-bond acceptors (Lipinski definition) is 5. The number of carbonyl (C=O) groups excluding carboxylic acids is 1. The topological polar surface area (TPSA) is 85.6 Å². The minimum Gasteiger partial charge on any atom is -0.490 e. The second-order valence-corrected chi connectivity index (χ2v) is 7.64. The molecule has 2 N–H and O–H groups in total. The van der Waals surface area contributed by atoms with E-state index in [-0.39, 0.29) is 17.6 Å². The molecule has 1 aliphatic heterocycles. The van der Waals surface area contributed by atoms with Crippen molar-refractivity contribution in [2.45, 2.75) is 52.1 Å². The molecule has 0 radical (unpaired) electrons. The van der Waals surface area contributed by atoms with Gasteiger partial charge in [0.15, 0.2) is 11.6 Å². The first-order valence-electron chi connectivity index (χ1n) is 10.4. The number of ether oxygens (including phenoxy) is 1. The summed E-state index contributed by atoms with van der Waals surface area (Å²) >= 11 is 0. The summed E-state index contributed by atoms with van der Waals surface area (Å²) in [5.74, 6) is -0.634. The van der Waals surface area contributed by atoms with Crippen molar-refractivity contribution in [1.82, 2.24) is 10.2 Å². The molecule has 1 heterocycles. The first kappa shape index (κ1) is 23.1. The van der Waals surface area contributed by atoms with E-state index in [1.54, 1.807) is 6.92 Å². The van der Waals surface area contributed by atoms with Crippen molar-refractivity contribution in [1.29, 1.82) is 5.26 Å². The fourth-order valence-electron chi connectivity index (χ4n) is 3.59. The van der Waals surface area contributed by atoms with Gasteiger partial charge >= 0.3 is 0 Å². The van der Waals surface area contributed by atoms with Gasteiger partial charge in [0.05, 0.1) is 18.8 Å². The number of nitrogens with zero attached hydrogens (tertiary/aromatic N) is 2. The lowest BCUT2D eigenvalue weighted by atomic mass is 9.93. The molecule has 2 rings (SSSR count). The summed E-state index contributed by atoms with van der Waals surface area (Å²) in [4.78, 5) is 14.8. The number of aliphatic hydroxyl groups is 1. The van der Waals surface area contributed by atoms with Gasteiger partial charge in [-0.1, -0.05) is 13.3 Å². The molecular weight excluding hydrogens is 373 g/mol. The van der Waals surface area contributed by atoms with Crippen LogP contribution in [0, 0.1) is 30.0 Å². The van der Waals surface area contributed by atoms with Gasteiger partial charge in [-0.25, -0.2) is 4.39 Å². The summed E-state index contributed by atoms with van der Waals surface area (Å²) < 4.78 is 19.6. The monoisotopic (exact) mass is 405 g/mol. The van der Waals surface area contributed by atoms with Crippen LogP contribution in [0.25, 0.3) is 0 Å². The van der Waals surface area contributed by atoms with Gasteiger partial charge in [0.1, 0.15) is 0 Å². The molecule has 29 heavy (non-hydrogen) atoms. The number of nitriles is 1. The molecular formula is C22H32FN3O3. The molecule has 1 aromatic carbocycles. The van der Waals surface area contributed by atoms with Gasteiger partial charge in [0.25, 0.3) is 5.91 Å². The lowest BCUT2D eigenvalue weighted by Crippen LogP contribution is -2.47. The van der Waals surface area contributed by atoms with Crippen LogP contribution in [-0.2, 0) is 0 Å². The number of likely N-dealkylation sites (tertiary alicyclic amines) is 1. The molecule has 1 aliphatic rings. The molecule has 1 aromatic rings. The Kier molecular flexibility index (Phi) is 9.36. The fourth-order valence-corrected chi connectivity index (χ4v) is 3.59. The van der Waals surface area contributed by atoms with Crippen LogP contribution in [0.4, 0.5) is 4.39 Å². The van der Waals surface area contributed by atoms with Crippen LogP contribution >= 0.6 is 0 Å². The number of unbranched alkanes of at least 4 members (excludes halogenated alkanes) is 2. The van der Waals surface area contributed by atoms with Gasteiger partial charge in [-0.2, -0.15) is 5.26 Å². The quantitative estimate of drug-likeness (QED) is 0.585. The van der Waals surface area contributed by atoms with Gasteiger partial charge in [0.2, 0.25) is 0 Å². The average molecular weight is 406 g/mol. The molecule has 1 amide bonds. The summed E-state index contributed by atoms with van der Waals surface area (Å²) in [5.41, 5.74) is 0.882. The van der Waals surface area contributed by atoms with E-state index in [9.17, 15) is 14.3 Å². The van der Waals surface area contributed by atoms with Gasteiger partial charge in [-0.3, -0.25) is 4.79 Å². The van der Waals surface area contributed by atoms with Crippen LogP contribution in [0.1, 0.15) is 54.9 Å². The van der Waals surface area contributed by atoms with E-state index in [2.05, 4.69) is 16.3 Å². The van der Waals surface area contributed by atoms with Crippen molar-refractivity contribution in [2.24, 2.45) is 5.92 Å². The van der Waals surface area contributed by atoms with Gasteiger partial charge in [-0.05, 0) is 51.4 Å². The van der Waals surface area contributed by atoms with Crippen LogP contribution in [0.5, 0.6) is 5.75 Å². The largest absolute Gasteiger partial charge is 0.490 e. The minimum atomic E-state index is -0.520. The van der Waals surface area contributed by atoms with Gasteiger partial charge < -0.3 is 20.1 Å². The van der Waals surface area contributed by atoms with Crippen LogP contribution < -0.4 is 10.1 Å². The molecule has 1 fully saturated rings. The van der Waals surface area contributed by atoms with E-state index in [1.807, 2.05) is 6.92 Å². The lowest BCUT2D eigenvalue weighted by molar-refractivity contribution is 0.0219. The number of piperidine rings is 1. The number of amides is 1. The Morgan fingerprint density at radius 2 is 2.24 bits per heavy atom. The van der Waals surface area contributed by atoms with Crippen molar-refractivity contribution in [3.63, 3.8) is 0 Å². The third-order valence-electron chi connectivity index (χ3n) is 5.44. The zero-order valence-electron chi connectivity index (χ0n) is 17.4. The van der Waals surface area contributed by atoms with E-state index in [0.717, 1.165) is 38.8 Å². The molecule has 7 heteroatoms. The van der Waals surface area contributed by atoms with Crippen LogP contribution in [0.3, 0.4) is 0 Å². The Morgan fingerprint density at radius 3 is 2.93 bits per heavy atom. The molecule has 0 saturated carbocycles. The van der Waals surface area contributed by atoms with Crippen molar-refractivity contribution in [3.8, 4) is 11.8 Å². The standard InChI is InChI=1S/C22H32FN3O3/c1-3-4-13-29-21-16(2)18(7-8-19(21)23)22(28)25-14-17-9-12-26(15-20(17)27)11-6-5-10-24/h7-8,17,20,27H,3-6,9,11-15H2,1-2H3,(H,25,28)/t17-,20+/m0/s1. The highest BCUT2D eigenvalue weighted by atomic mass is 19.1. The number of nitrogens with one attached hydrogen (secondary N) is 1. The second-order valence-electron chi connectivity index (χ2n) is 7.64. The normalized spacial score (nSPS) is 19.6. The summed E-state index contributed by atoms with van der Waals surface area (Å²) in [5, 5.41) is 21.9. The number of rotatable bonds is 10. The van der Waals surface area contributed by atoms with Crippen molar-refractivity contribution < 1.29 is 19.0 Å². The van der Waals surface area contributed by atoms with Crippen molar-refractivity contribution in [2.75, 3.05) is 32.8 Å². The Hall–Kier alpha value is -2.17. The predicted octanol–water partition coefficient (Wildman–Crippen LogP) is 3.03. The highest BCUT2D eigenvalue weighted by molar-refractivity contribution is 5.96. The number of β-amino-alcohol motifs (C(OH)–C–C–N with tert-alkyl or cyclic N) is 1. The number of hydrogen-bond donors (Lipinski definition) is 2. The Morgan fingerprint density at radius 1 is 1.45 bits per heavy atom. The Bertz CT molecular complexity index is 720. The highest BCUT2D eigenvalue weighted by Crippen LogP contribution is 2.26. The third-order valence-corrected chi connectivity index (χ3v) is 5.44. The molecule has 6 nitrogen and oxygen atoms in total. The number of carbonyl (C=O) groups is 1. The molecule has 0 aliphatic carbocycles. The smallest absolute Gasteiger partial charge is 0.251 e. The molecule has 0 aromatic heterocycles. The Labute approximate surface area is 172 Å². The van der Waals surface area contributed by atoms with Crippen LogP contribution in [0.15, 0.2) is 12.1 Å². The molecule has 1 saturated heterocycles. The summed E-state index contributed by atoms with van der Waals surface area (Å²) in [6.45, 7) is 6.70. The molecule has 0 bridgehead atoms. The second kappa shape index (κ2) is 11.7. The van der Waals surface area contributed by atoms with E-state index in [4.69, 9.17) is 10.00 Å². The van der Waals surface area contributed by atoms with Crippen molar-refractivity contribution in [3.05, 3.63) is 29.1 Å². The molecule has 2 atom stereocenters. The maximum atomic E-state index is 14.1. The lowest BCUT2D eigenvalue weighted by Gasteiger charge is -2.36. The molecule has 160 valence electrons. The maximum absolute atomic E-state index is 14.1. The van der Waals surface area contributed by atoms with Gasteiger partial charge in [0, 0.05) is 36.6 Å². The van der Waals surface area contributed by atoms with E-state index >= 15 is 0 Å². The average Bonchev–Trinajstić information content (AvgIpc) is 2.70. The van der Waals surface area contributed by atoms with E-state index < -0.39 is 11.9 Å². The van der Waals surface area contributed by atoms with Crippen LogP contribution in [-0.4, -0.2) is 54.8 Å². The summed E-state index contributed by atoms with van der Waals surface area (Å²) in [7, 11) is 0. The number of halogens is 1. The summed E-state index contributed by atoms with van der Waals surface area (Å²) in [6.07, 6.45) is 3.35. The van der Waals surface area contributed by atoms with Crippen molar-refractivity contribution >= 4 is 5.91 Å². The molecule has 0 spiro atoms. The van der Waals surface area contributed by atoms with Crippen LogP contribution in [0.2, 0.25) is 0 Å². The number of aliphatic hydroxyl groups excluding tert-OH is 1. The molecule has 0 unspecified atom stereocenters. The zero-order chi connectivity index (χ0) is 21.2. The SMILES string of the molecule is CCCCOc1c(F)ccc(C(=O)NC[C@@H]2CCN(CCCC#N)C[C@H]2O)c1C. The summed E-state index contributed by atoms with van der Waals surface area (Å²) in [6, 6.07) is 4.87. The zero-order valence-corrected chi connectivity index (χ0v) is 17.4. The van der Waals surface area contributed by atoms with E-state index in [1.165, 1.54) is 12.1 Å². The fraction of sp³-hybridized carbons (Fsp3) is 0.636.